The van der Waals surface area contributed by atoms with Gasteiger partial charge in [0.15, 0.2) is 0 Å². The standard InChI is InChI=1S/C13H18F2N2OS/c1-9-5-10(16-6-12(14)15)8-17(7-9)13(18)11-3-2-4-19-11/h2-4,9-10,12,16H,5-8H2,1H3. The Morgan fingerprint density at radius 1 is 1.58 bits per heavy atom. The normalized spacial score (nSPS) is 23.9. The molecule has 1 aliphatic rings. The Bertz CT molecular complexity index is 411. The molecule has 2 atom stereocenters. The van der Waals surface area contributed by atoms with Gasteiger partial charge in [-0.3, -0.25) is 4.79 Å². The highest BCUT2D eigenvalue weighted by molar-refractivity contribution is 7.12. The maximum atomic E-state index is 12.3. The van der Waals surface area contributed by atoms with E-state index in [9.17, 15) is 13.6 Å². The van der Waals surface area contributed by atoms with Crippen molar-refractivity contribution in [1.82, 2.24) is 10.2 Å². The summed E-state index contributed by atoms with van der Waals surface area (Å²) in [6, 6.07) is 3.60. The van der Waals surface area contributed by atoms with Crippen molar-refractivity contribution in [1.29, 1.82) is 0 Å². The van der Waals surface area contributed by atoms with Crippen LogP contribution in [0.1, 0.15) is 23.0 Å². The van der Waals surface area contributed by atoms with Crippen molar-refractivity contribution in [2.24, 2.45) is 5.92 Å². The number of hydrogen-bond acceptors (Lipinski definition) is 3. The van der Waals surface area contributed by atoms with E-state index >= 15 is 0 Å². The van der Waals surface area contributed by atoms with E-state index in [1.807, 2.05) is 18.4 Å². The van der Waals surface area contributed by atoms with Gasteiger partial charge in [0.1, 0.15) is 0 Å². The number of alkyl halides is 2. The predicted octanol–water partition coefficient (Wildman–Crippen LogP) is 2.45. The minimum atomic E-state index is -2.35. The number of rotatable bonds is 4. The minimum Gasteiger partial charge on any atom is -0.336 e. The van der Waals surface area contributed by atoms with Crippen molar-refractivity contribution in [3.05, 3.63) is 22.4 Å². The monoisotopic (exact) mass is 288 g/mol. The summed E-state index contributed by atoms with van der Waals surface area (Å²) in [5.74, 6) is 0.332. The fraction of sp³-hybridized carbons (Fsp3) is 0.615. The number of likely N-dealkylation sites (tertiary alicyclic amines) is 1. The molecule has 0 spiro atoms. The first-order chi connectivity index (χ1) is 9.06. The van der Waals surface area contributed by atoms with Gasteiger partial charge in [0.05, 0.1) is 11.4 Å². The van der Waals surface area contributed by atoms with E-state index in [0.29, 0.717) is 23.9 Å². The Kier molecular flexibility index (Phi) is 4.87. The molecule has 1 aliphatic heterocycles. The van der Waals surface area contributed by atoms with Crippen molar-refractivity contribution in [2.75, 3.05) is 19.6 Å². The molecule has 2 rings (SSSR count). The fourth-order valence-corrected chi connectivity index (χ4v) is 3.17. The zero-order valence-corrected chi connectivity index (χ0v) is 11.6. The van der Waals surface area contributed by atoms with Crippen molar-refractivity contribution >= 4 is 17.2 Å². The zero-order chi connectivity index (χ0) is 13.8. The van der Waals surface area contributed by atoms with Gasteiger partial charge in [0.2, 0.25) is 0 Å². The van der Waals surface area contributed by atoms with Crippen molar-refractivity contribution in [3.8, 4) is 0 Å². The molecule has 1 N–H and O–H groups in total. The number of hydrogen-bond donors (Lipinski definition) is 1. The van der Waals surface area contributed by atoms with Crippen LogP contribution in [0.25, 0.3) is 0 Å². The molecule has 1 amide bonds. The predicted molar refractivity (Wildman–Crippen MR) is 71.8 cm³/mol. The molecule has 6 heteroatoms. The fourth-order valence-electron chi connectivity index (χ4n) is 2.48. The second kappa shape index (κ2) is 6.43. The van der Waals surface area contributed by atoms with Crippen LogP contribution in [0.4, 0.5) is 8.78 Å². The van der Waals surface area contributed by atoms with Crippen LogP contribution >= 0.6 is 11.3 Å². The van der Waals surface area contributed by atoms with Crippen molar-refractivity contribution in [2.45, 2.75) is 25.8 Å². The van der Waals surface area contributed by atoms with Gasteiger partial charge in [-0.25, -0.2) is 8.78 Å². The molecule has 1 aromatic heterocycles. The number of thiophene rings is 1. The minimum absolute atomic E-state index is 0.00500. The number of nitrogens with one attached hydrogen (secondary N) is 1. The van der Waals surface area contributed by atoms with Crippen LogP contribution in [0.5, 0.6) is 0 Å². The SMILES string of the molecule is CC1CC(NCC(F)F)CN(C(=O)c2cccs2)C1. The summed E-state index contributed by atoms with van der Waals surface area (Å²) in [6.07, 6.45) is -1.51. The highest BCUT2D eigenvalue weighted by atomic mass is 32.1. The average molecular weight is 288 g/mol. The van der Waals surface area contributed by atoms with Crippen LogP contribution in [0, 0.1) is 5.92 Å². The molecule has 0 aliphatic carbocycles. The van der Waals surface area contributed by atoms with E-state index in [4.69, 9.17) is 0 Å². The van der Waals surface area contributed by atoms with E-state index in [2.05, 4.69) is 5.32 Å². The first-order valence-electron chi connectivity index (χ1n) is 6.40. The van der Waals surface area contributed by atoms with Gasteiger partial charge >= 0.3 is 0 Å². The first kappa shape index (κ1) is 14.4. The Hall–Kier alpha value is -1.01. The quantitative estimate of drug-likeness (QED) is 0.923. The highest BCUT2D eigenvalue weighted by Gasteiger charge is 2.28. The summed E-state index contributed by atoms with van der Waals surface area (Å²) in [4.78, 5) is 14.7. The van der Waals surface area contributed by atoms with Crippen molar-refractivity contribution < 1.29 is 13.6 Å². The lowest BCUT2D eigenvalue weighted by Gasteiger charge is -2.36. The summed E-state index contributed by atoms with van der Waals surface area (Å²) in [6.45, 7) is 2.95. The lowest BCUT2D eigenvalue weighted by molar-refractivity contribution is 0.0627. The molecule has 1 fully saturated rings. The van der Waals surface area contributed by atoms with E-state index in [-0.39, 0.29) is 18.5 Å². The van der Waals surface area contributed by atoms with Crippen molar-refractivity contribution in [3.63, 3.8) is 0 Å². The van der Waals surface area contributed by atoms with Crippen LogP contribution in [0.15, 0.2) is 17.5 Å². The summed E-state index contributed by atoms with van der Waals surface area (Å²) < 4.78 is 24.4. The van der Waals surface area contributed by atoms with Gasteiger partial charge < -0.3 is 10.2 Å². The Balaban J connectivity index is 1.95. The topological polar surface area (TPSA) is 32.3 Å². The maximum Gasteiger partial charge on any atom is 0.263 e. The molecule has 0 aromatic carbocycles. The Labute approximate surface area is 115 Å². The number of carbonyl (C=O) groups is 1. The van der Waals surface area contributed by atoms with E-state index in [1.54, 1.807) is 11.0 Å². The lowest BCUT2D eigenvalue weighted by Crippen LogP contribution is -2.51. The van der Waals surface area contributed by atoms with E-state index in [1.165, 1.54) is 11.3 Å². The van der Waals surface area contributed by atoms with Crippen LogP contribution < -0.4 is 5.32 Å². The third kappa shape index (κ3) is 3.98. The lowest BCUT2D eigenvalue weighted by atomic mass is 9.95. The van der Waals surface area contributed by atoms with Crippen LogP contribution in [0.3, 0.4) is 0 Å². The first-order valence-corrected chi connectivity index (χ1v) is 7.28. The largest absolute Gasteiger partial charge is 0.336 e. The summed E-state index contributed by atoms with van der Waals surface area (Å²) in [5.41, 5.74) is 0. The van der Waals surface area contributed by atoms with E-state index in [0.717, 1.165) is 6.42 Å². The average Bonchev–Trinajstić information content (AvgIpc) is 2.88. The second-order valence-corrected chi connectivity index (χ2v) is 5.97. The Morgan fingerprint density at radius 2 is 2.37 bits per heavy atom. The van der Waals surface area contributed by atoms with Crippen LogP contribution in [-0.2, 0) is 0 Å². The van der Waals surface area contributed by atoms with Gasteiger partial charge in [-0.15, -0.1) is 11.3 Å². The summed E-state index contributed by atoms with van der Waals surface area (Å²) in [5, 5.41) is 4.71. The van der Waals surface area contributed by atoms with Gasteiger partial charge in [0.25, 0.3) is 12.3 Å². The van der Waals surface area contributed by atoms with Crippen LogP contribution in [0.2, 0.25) is 0 Å². The molecule has 1 saturated heterocycles. The van der Waals surface area contributed by atoms with Crippen LogP contribution in [-0.4, -0.2) is 42.9 Å². The molecule has 1 aromatic rings. The smallest absolute Gasteiger partial charge is 0.263 e. The molecular weight excluding hydrogens is 270 g/mol. The third-order valence-electron chi connectivity index (χ3n) is 3.24. The molecular formula is C13H18F2N2OS. The molecule has 0 saturated carbocycles. The molecule has 2 heterocycles. The van der Waals surface area contributed by atoms with E-state index < -0.39 is 6.43 Å². The number of amides is 1. The Morgan fingerprint density at radius 3 is 3.00 bits per heavy atom. The van der Waals surface area contributed by atoms with Gasteiger partial charge in [-0.1, -0.05) is 13.0 Å². The summed E-state index contributed by atoms with van der Waals surface area (Å²) in [7, 11) is 0. The zero-order valence-electron chi connectivity index (χ0n) is 10.8. The highest BCUT2D eigenvalue weighted by Crippen LogP contribution is 2.20. The number of piperidine rings is 1. The molecule has 3 nitrogen and oxygen atoms in total. The number of halogens is 2. The molecule has 106 valence electrons. The van der Waals surface area contributed by atoms with Gasteiger partial charge in [-0.2, -0.15) is 0 Å². The van der Waals surface area contributed by atoms with Gasteiger partial charge in [0, 0.05) is 19.1 Å². The molecule has 0 bridgehead atoms. The second-order valence-electron chi connectivity index (χ2n) is 5.02. The molecule has 19 heavy (non-hydrogen) atoms. The number of carbonyl (C=O) groups excluding carboxylic acids is 1. The summed E-state index contributed by atoms with van der Waals surface area (Å²) >= 11 is 1.41. The number of nitrogens with zero attached hydrogens (tertiary/aromatic N) is 1. The third-order valence-corrected chi connectivity index (χ3v) is 4.10. The molecule has 0 radical (unpaired) electrons. The molecule has 2 unspecified atom stereocenters. The maximum absolute atomic E-state index is 12.3. The van der Waals surface area contributed by atoms with Gasteiger partial charge in [-0.05, 0) is 23.8 Å².